The molecule has 4 aromatic rings. The number of benzene rings is 3. The fourth-order valence-electron chi connectivity index (χ4n) is 6.16. The summed E-state index contributed by atoms with van der Waals surface area (Å²) in [5.41, 5.74) is 5.17. The lowest BCUT2D eigenvalue weighted by molar-refractivity contribution is -0.132. The Morgan fingerprint density at radius 2 is 1.63 bits per heavy atom. The average molecular weight is 574 g/mol. The molecule has 3 amide bonds. The maximum absolute atomic E-state index is 13.1. The number of likely N-dealkylation sites (tertiary alicyclic amines) is 2. The number of fused-ring (bicyclic) bond motifs is 1. The Morgan fingerprint density at radius 3 is 2.42 bits per heavy atom. The number of anilines is 1. The monoisotopic (exact) mass is 573 g/mol. The molecule has 0 spiro atoms. The number of nitrogens with one attached hydrogen (secondary N) is 2. The van der Waals surface area contributed by atoms with Gasteiger partial charge < -0.3 is 20.1 Å². The highest BCUT2D eigenvalue weighted by Gasteiger charge is 2.32. The minimum atomic E-state index is -0.0921. The summed E-state index contributed by atoms with van der Waals surface area (Å²) < 4.78 is 0. The van der Waals surface area contributed by atoms with Crippen LogP contribution in [0.4, 0.5) is 5.69 Å². The smallest absolute Gasteiger partial charge is 0.227 e. The molecule has 2 fully saturated rings. The Balaban J connectivity index is 1.08. The Hall–Kier alpha value is -4.90. The van der Waals surface area contributed by atoms with Crippen LogP contribution < -0.4 is 5.32 Å². The van der Waals surface area contributed by atoms with Gasteiger partial charge in [-0.1, -0.05) is 42.2 Å². The minimum absolute atomic E-state index is 0.0230. The first-order chi connectivity index (χ1) is 20.9. The summed E-state index contributed by atoms with van der Waals surface area (Å²) in [4.78, 5) is 49.4. The molecule has 2 saturated heterocycles. The number of rotatable bonds is 6. The summed E-state index contributed by atoms with van der Waals surface area (Å²) >= 11 is 0. The van der Waals surface area contributed by atoms with Gasteiger partial charge in [-0.2, -0.15) is 0 Å². The number of nitrogens with zero attached hydrogens (tertiary/aromatic N) is 3. The lowest BCUT2D eigenvalue weighted by Gasteiger charge is -2.23. The number of H-pyrrole nitrogens is 1. The minimum Gasteiger partial charge on any atom is -0.340 e. The molecule has 43 heavy (non-hydrogen) atoms. The van der Waals surface area contributed by atoms with Crippen molar-refractivity contribution in [1.29, 1.82) is 0 Å². The van der Waals surface area contributed by atoms with Crippen molar-refractivity contribution in [1.82, 2.24) is 19.8 Å². The Bertz CT molecular complexity index is 1700. The molecule has 6 rings (SSSR count). The van der Waals surface area contributed by atoms with Gasteiger partial charge in [0.15, 0.2) is 0 Å². The molecular formula is C35H35N5O3. The van der Waals surface area contributed by atoms with Crippen molar-refractivity contribution >= 4 is 34.4 Å². The van der Waals surface area contributed by atoms with Crippen LogP contribution in [0.1, 0.15) is 67.6 Å². The number of aromatic amines is 1. The van der Waals surface area contributed by atoms with Gasteiger partial charge in [0, 0.05) is 49.3 Å². The first kappa shape index (κ1) is 28.2. The third-order valence-corrected chi connectivity index (χ3v) is 8.31. The number of imidazole rings is 1. The van der Waals surface area contributed by atoms with E-state index in [1.807, 2.05) is 77.7 Å². The molecule has 0 unspecified atom stereocenters. The topological polar surface area (TPSA) is 98.4 Å². The summed E-state index contributed by atoms with van der Waals surface area (Å²) in [6, 6.07) is 23.1. The quantitative estimate of drug-likeness (QED) is 0.310. The molecule has 2 N–H and O–H groups in total. The SMILES string of the molecule is CC(=O)N1CCC[C@H]1CC(=O)Nc1ccc(C#Cc2ccc3nc([C@@H]4CCCN4C(=O)Cc4ccccc4)[nH]c3c2)cc1. The zero-order valence-electron chi connectivity index (χ0n) is 24.3. The lowest BCUT2D eigenvalue weighted by Crippen LogP contribution is -2.36. The highest BCUT2D eigenvalue weighted by atomic mass is 16.2. The Morgan fingerprint density at radius 1 is 0.907 bits per heavy atom. The third kappa shape index (κ3) is 6.62. The second-order valence-corrected chi connectivity index (χ2v) is 11.3. The highest BCUT2D eigenvalue weighted by molar-refractivity contribution is 5.91. The zero-order chi connectivity index (χ0) is 29.8. The second kappa shape index (κ2) is 12.5. The number of hydrogen-bond donors (Lipinski definition) is 2. The van der Waals surface area contributed by atoms with Gasteiger partial charge in [0.05, 0.1) is 23.5 Å². The van der Waals surface area contributed by atoms with Gasteiger partial charge in [-0.25, -0.2) is 4.98 Å². The number of carbonyl (C=O) groups is 3. The molecule has 218 valence electrons. The number of aromatic nitrogens is 2. The van der Waals surface area contributed by atoms with E-state index >= 15 is 0 Å². The molecule has 2 atom stereocenters. The fourth-order valence-corrected chi connectivity index (χ4v) is 6.16. The summed E-state index contributed by atoms with van der Waals surface area (Å²) in [5.74, 6) is 7.29. The van der Waals surface area contributed by atoms with Crippen LogP contribution in [0.3, 0.4) is 0 Å². The molecule has 3 heterocycles. The van der Waals surface area contributed by atoms with Crippen molar-refractivity contribution in [3.8, 4) is 11.8 Å². The molecule has 8 heteroatoms. The van der Waals surface area contributed by atoms with Gasteiger partial charge in [-0.15, -0.1) is 0 Å². The maximum atomic E-state index is 13.1. The van der Waals surface area contributed by atoms with Gasteiger partial charge in [-0.3, -0.25) is 14.4 Å². The zero-order valence-corrected chi connectivity index (χ0v) is 24.3. The van der Waals surface area contributed by atoms with Gasteiger partial charge >= 0.3 is 0 Å². The van der Waals surface area contributed by atoms with Crippen molar-refractivity contribution in [2.45, 2.75) is 57.5 Å². The summed E-state index contributed by atoms with van der Waals surface area (Å²) in [5, 5.41) is 2.94. The van der Waals surface area contributed by atoms with E-state index in [1.165, 1.54) is 0 Å². The lowest BCUT2D eigenvalue weighted by atomic mass is 10.1. The highest BCUT2D eigenvalue weighted by Crippen LogP contribution is 2.32. The van der Waals surface area contributed by atoms with E-state index < -0.39 is 0 Å². The molecule has 1 aromatic heterocycles. The van der Waals surface area contributed by atoms with Crippen LogP contribution in [-0.2, 0) is 20.8 Å². The Kier molecular flexibility index (Phi) is 8.23. The van der Waals surface area contributed by atoms with E-state index in [9.17, 15) is 14.4 Å². The third-order valence-electron chi connectivity index (χ3n) is 8.31. The normalized spacial score (nSPS) is 18.0. The number of hydrogen-bond acceptors (Lipinski definition) is 4. The van der Waals surface area contributed by atoms with Crippen LogP contribution in [0.25, 0.3) is 11.0 Å². The van der Waals surface area contributed by atoms with Crippen LogP contribution >= 0.6 is 0 Å². The van der Waals surface area contributed by atoms with Crippen molar-refractivity contribution < 1.29 is 14.4 Å². The van der Waals surface area contributed by atoms with E-state index in [4.69, 9.17) is 4.98 Å². The van der Waals surface area contributed by atoms with Crippen LogP contribution in [0.5, 0.6) is 0 Å². The molecule has 2 aliphatic heterocycles. The van der Waals surface area contributed by atoms with Crippen LogP contribution in [-0.4, -0.2) is 56.6 Å². The van der Waals surface area contributed by atoms with Crippen molar-refractivity contribution in [2.24, 2.45) is 0 Å². The summed E-state index contributed by atoms with van der Waals surface area (Å²) in [6.45, 7) is 3.03. The average Bonchev–Trinajstić information content (AvgIpc) is 3.76. The van der Waals surface area contributed by atoms with Gasteiger partial charge in [0.25, 0.3) is 0 Å². The van der Waals surface area contributed by atoms with Crippen molar-refractivity contribution in [3.63, 3.8) is 0 Å². The second-order valence-electron chi connectivity index (χ2n) is 11.3. The van der Waals surface area contributed by atoms with E-state index in [-0.39, 0.29) is 29.8 Å². The van der Waals surface area contributed by atoms with E-state index in [0.717, 1.165) is 72.3 Å². The van der Waals surface area contributed by atoms with Crippen molar-refractivity contribution in [3.05, 3.63) is 95.3 Å². The Labute approximate surface area is 251 Å². The summed E-state index contributed by atoms with van der Waals surface area (Å²) in [6.07, 6.45) is 4.35. The predicted molar refractivity (Wildman–Crippen MR) is 166 cm³/mol. The van der Waals surface area contributed by atoms with Gasteiger partial charge in [0.2, 0.25) is 17.7 Å². The molecule has 2 aliphatic rings. The molecule has 8 nitrogen and oxygen atoms in total. The molecule has 0 aliphatic carbocycles. The van der Waals surface area contributed by atoms with Crippen LogP contribution in [0.2, 0.25) is 0 Å². The van der Waals surface area contributed by atoms with Crippen molar-refractivity contribution in [2.75, 3.05) is 18.4 Å². The van der Waals surface area contributed by atoms with E-state index in [0.29, 0.717) is 18.5 Å². The molecule has 3 aromatic carbocycles. The molecular weight excluding hydrogens is 538 g/mol. The first-order valence-corrected chi connectivity index (χ1v) is 14.9. The molecule has 0 saturated carbocycles. The van der Waals surface area contributed by atoms with E-state index in [1.54, 1.807) is 11.8 Å². The predicted octanol–water partition coefficient (Wildman–Crippen LogP) is 5.21. The number of carbonyl (C=O) groups excluding carboxylic acids is 3. The van der Waals surface area contributed by atoms with Crippen LogP contribution in [0, 0.1) is 11.8 Å². The largest absolute Gasteiger partial charge is 0.340 e. The number of amides is 3. The first-order valence-electron chi connectivity index (χ1n) is 14.9. The van der Waals surface area contributed by atoms with Gasteiger partial charge in [0.1, 0.15) is 5.82 Å². The summed E-state index contributed by atoms with van der Waals surface area (Å²) in [7, 11) is 0. The van der Waals surface area contributed by atoms with Gasteiger partial charge in [-0.05, 0) is 73.7 Å². The maximum Gasteiger partial charge on any atom is 0.227 e. The fraction of sp³-hybridized carbons (Fsp3) is 0.314. The van der Waals surface area contributed by atoms with Crippen LogP contribution in [0.15, 0.2) is 72.8 Å². The molecule has 0 bridgehead atoms. The standard InChI is InChI=1S/C35H35N5O3/c1-24(41)39-19-5-9-29(39)23-33(42)36-28-16-13-25(14-17-28)11-12-27-15-18-30-31(21-27)38-35(37-30)32-10-6-20-40(32)34(43)22-26-7-3-2-4-8-26/h2-4,7-8,13-18,21,29,32H,5-6,9-10,19-20,22-23H2,1H3,(H,36,42)(H,37,38)/t29-,32-/m0/s1. The molecule has 0 radical (unpaired) electrons. The van der Waals surface area contributed by atoms with E-state index in [2.05, 4.69) is 22.1 Å².